The molecule has 0 saturated carbocycles. The van der Waals surface area contributed by atoms with Gasteiger partial charge in [-0.15, -0.1) is 0 Å². The van der Waals surface area contributed by atoms with E-state index in [0.717, 1.165) is 10.6 Å². The number of rotatable bonds is 8. The summed E-state index contributed by atoms with van der Waals surface area (Å²) in [6.07, 6.45) is 3.02. The zero-order valence-corrected chi connectivity index (χ0v) is 21.9. The van der Waals surface area contributed by atoms with E-state index in [-0.39, 0.29) is 47.6 Å². The number of hydrogen-bond acceptors (Lipinski definition) is 8. The molecule has 14 heteroatoms. The fraction of sp³-hybridized carbons (Fsp3) is 0.524. The summed E-state index contributed by atoms with van der Waals surface area (Å²) in [5, 5.41) is 9.53. The van der Waals surface area contributed by atoms with Gasteiger partial charge in [-0.05, 0) is 19.1 Å². The van der Waals surface area contributed by atoms with Crippen molar-refractivity contribution in [3.8, 4) is 5.75 Å². The van der Waals surface area contributed by atoms with E-state index >= 15 is 0 Å². The molecule has 2 heterocycles. The lowest BCUT2D eigenvalue weighted by atomic mass is 9.99. The maximum atomic E-state index is 13.5. The Morgan fingerprint density at radius 3 is 2.57 bits per heavy atom. The van der Waals surface area contributed by atoms with Gasteiger partial charge in [0.25, 0.3) is 15.9 Å². The molecule has 1 aliphatic heterocycles. The number of fused-ring (bicyclic) bond motifs is 1. The third-order valence-corrected chi connectivity index (χ3v) is 8.43. The van der Waals surface area contributed by atoms with Crippen LogP contribution < -0.4 is 9.46 Å². The van der Waals surface area contributed by atoms with Crippen molar-refractivity contribution in [3.05, 3.63) is 36.3 Å². The molecule has 35 heavy (non-hydrogen) atoms. The van der Waals surface area contributed by atoms with Crippen LogP contribution in [0.5, 0.6) is 5.75 Å². The van der Waals surface area contributed by atoms with E-state index in [4.69, 9.17) is 4.74 Å². The van der Waals surface area contributed by atoms with Crippen LogP contribution in [0.3, 0.4) is 0 Å². The topological polar surface area (TPSA) is 151 Å². The van der Waals surface area contributed by atoms with Crippen molar-refractivity contribution >= 4 is 31.6 Å². The van der Waals surface area contributed by atoms with Gasteiger partial charge in [0.05, 0.1) is 43.0 Å². The van der Waals surface area contributed by atoms with E-state index in [1.54, 1.807) is 20.9 Å². The smallest absolute Gasteiger partial charge is 0.281 e. The van der Waals surface area contributed by atoms with Crippen LogP contribution in [0.15, 0.2) is 35.7 Å². The van der Waals surface area contributed by atoms with Crippen molar-refractivity contribution in [1.29, 1.82) is 0 Å². The highest BCUT2D eigenvalue weighted by molar-refractivity contribution is 7.92. The number of ether oxygens (including phenoxy) is 1. The van der Waals surface area contributed by atoms with Gasteiger partial charge in [0.2, 0.25) is 10.0 Å². The molecule has 0 fully saturated rings. The molecule has 1 aromatic carbocycles. The summed E-state index contributed by atoms with van der Waals surface area (Å²) in [6, 6.07) is 3.94. The monoisotopic (exact) mass is 529 g/mol. The molecule has 3 rings (SSSR count). The number of nitrogens with one attached hydrogen (secondary N) is 1. The van der Waals surface area contributed by atoms with Gasteiger partial charge < -0.3 is 19.3 Å². The van der Waals surface area contributed by atoms with E-state index in [2.05, 4.69) is 9.71 Å². The summed E-state index contributed by atoms with van der Waals surface area (Å²) >= 11 is 0. The Labute approximate surface area is 205 Å². The first-order valence-electron chi connectivity index (χ1n) is 10.9. The van der Waals surface area contributed by atoms with Crippen LogP contribution in [0.2, 0.25) is 0 Å². The number of aryl methyl sites for hydroxylation is 1. The summed E-state index contributed by atoms with van der Waals surface area (Å²) < 4.78 is 61.3. The molecule has 0 radical (unpaired) electrons. The first-order valence-corrected chi connectivity index (χ1v) is 14.2. The van der Waals surface area contributed by atoms with E-state index < -0.39 is 38.1 Å². The van der Waals surface area contributed by atoms with Crippen LogP contribution >= 0.6 is 0 Å². The average Bonchev–Trinajstić information content (AvgIpc) is 3.22. The highest BCUT2D eigenvalue weighted by Gasteiger charge is 2.36. The Bertz CT molecular complexity index is 1290. The summed E-state index contributed by atoms with van der Waals surface area (Å²) in [5.74, 6) is -0.821. The second-order valence-electron chi connectivity index (χ2n) is 8.83. The predicted molar refractivity (Wildman–Crippen MR) is 129 cm³/mol. The first-order chi connectivity index (χ1) is 16.2. The Morgan fingerprint density at radius 1 is 1.31 bits per heavy atom. The van der Waals surface area contributed by atoms with Gasteiger partial charge in [0, 0.05) is 32.8 Å². The molecule has 0 spiro atoms. The third kappa shape index (κ3) is 5.94. The minimum Gasteiger partial charge on any atom is -0.486 e. The number of likely N-dealkylation sites (N-methyl/N-ethyl adjacent to an activating group) is 1. The molecule has 2 aromatic rings. The Morgan fingerprint density at radius 2 is 2.00 bits per heavy atom. The number of sulfonamides is 2. The summed E-state index contributed by atoms with van der Waals surface area (Å²) in [6.45, 7) is 3.38. The molecule has 194 valence electrons. The Balaban J connectivity index is 2.11. The largest absolute Gasteiger partial charge is 0.486 e. The average molecular weight is 530 g/mol. The normalized spacial score (nSPS) is 20.1. The van der Waals surface area contributed by atoms with Gasteiger partial charge in [0.1, 0.15) is 6.10 Å². The van der Waals surface area contributed by atoms with Crippen LogP contribution in [-0.2, 0) is 27.1 Å². The second kappa shape index (κ2) is 10.1. The number of benzene rings is 1. The summed E-state index contributed by atoms with van der Waals surface area (Å²) in [4.78, 5) is 18.8. The van der Waals surface area contributed by atoms with Crippen molar-refractivity contribution in [1.82, 2.24) is 18.8 Å². The number of imidazole rings is 1. The molecule has 0 unspecified atom stereocenters. The number of carbonyl (C=O) groups is 1. The molecule has 0 saturated heterocycles. The maximum Gasteiger partial charge on any atom is 0.281 e. The number of amides is 1. The molecule has 1 aliphatic rings. The van der Waals surface area contributed by atoms with Gasteiger partial charge in [-0.1, -0.05) is 13.0 Å². The van der Waals surface area contributed by atoms with Crippen LogP contribution in [-0.4, -0.2) is 91.8 Å². The molecule has 2 N–H and O–H groups in total. The fourth-order valence-corrected chi connectivity index (χ4v) is 5.12. The molecule has 1 amide bonds. The number of carbonyl (C=O) groups excluding carboxylic acids is 1. The molecular weight excluding hydrogens is 498 g/mol. The SMILES string of the molecule is C[C@@H]1CN([C@H](C)CO)C(=O)c2cccc(NS(=O)(=O)c3cn(C)cn3)c2O[C@@H]1CN(C)S(C)(=O)=O. The van der Waals surface area contributed by atoms with Crippen LogP contribution in [0, 0.1) is 5.92 Å². The highest BCUT2D eigenvalue weighted by Crippen LogP contribution is 2.36. The number of anilines is 1. The minimum atomic E-state index is -4.11. The molecule has 0 bridgehead atoms. The molecule has 0 aliphatic carbocycles. The summed E-state index contributed by atoms with van der Waals surface area (Å²) in [7, 11) is -4.59. The van der Waals surface area contributed by atoms with Crippen molar-refractivity contribution in [2.24, 2.45) is 13.0 Å². The quantitative estimate of drug-likeness (QED) is 0.497. The third-order valence-electron chi connectivity index (χ3n) is 5.90. The summed E-state index contributed by atoms with van der Waals surface area (Å²) in [5.41, 5.74) is 0.102. The Kier molecular flexibility index (Phi) is 7.79. The predicted octanol–water partition coefficient (Wildman–Crippen LogP) is 0.332. The number of para-hydroxylation sites is 1. The Hall–Kier alpha value is -2.68. The molecule has 12 nitrogen and oxygen atoms in total. The van der Waals surface area contributed by atoms with Crippen LogP contribution in [0.25, 0.3) is 0 Å². The second-order valence-corrected chi connectivity index (χ2v) is 12.5. The molecular formula is C21H31N5O7S2. The maximum absolute atomic E-state index is 13.5. The van der Waals surface area contributed by atoms with Gasteiger partial charge >= 0.3 is 0 Å². The number of hydrogen-bond donors (Lipinski definition) is 2. The van der Waals surface area contributed by atoms with Crippen LogP contribution in [0.4, 0.5) is 5.69 Å². The van der Waals surface area contributed by atoms with E-state index in [0.29, 0.717) is 0 Å². The van der Waals surface area contributed by atoms with E-state index in [1.807, 2.05) is 0 Å². The van der Waals surface area contributed by atoms with Crippen LogP contribution in [0.1, 0.15) is 24.2 Å². The molecule has 1 aromatic heterocycles. The van der Waals surface area contributed by atoms with Crippen molar-refractivity contribution in [2.45, 2.75) is 31.0 Å². The minimum absolute atomic E-state index is 0.0132. The lowest BCUT2D eigenvalue weighted by Gasteiger charge is -2.38. The lowest BCUT2D eigenvalue weighted by molar-refractivity contribution is 0.0389. The number of nitrogens with zero attached hydrogens (tertiary/aromatic N) is 4. The highest BCUT2D eigenvalue weighted by atomic mass is 32.2. The molecule has 3 atom stereocenters. The number of aromatic nitrogens is 2. The number of aliphatic hydroxyl groups is 1. The first kappa shape index (κ1) is 26.9. The number of aliphatic hydroxyl groups excluding tert-OH is 1. The van der Waals surface area contributed by atoms with Gasteiger partial charge in [-0.2, -0.15) is 8.42 Å². The van der Waals surface area contributed by atoms with E-state index in [1.165, 1.54) is 47.2 Å². The lowest BCUT2D eigenvalue weighted by Crippen LogP contribution is -2.50. The van der Waals surface area contributed by atoms with Crippen molar-refractivity contribution < 1.29 is 31.5 Å². The zero-order chi connectivity index (χ0) is 26.1. The van der Waals surface area contributed by atoms with Crippen molar-refractivity contribution in [3.63, 3.8) is 0 Å². The fourth-order valence-electron chi connectivity index (χ4n) is 3.66. The van der Waals surface area contributed by atoms with Gasteiger partial charge in [-0.25, -0.2) is 17.7 Å². The van der Waals surface area contributed by atoms with Crippen molar-refractivity contribution in [2.75, 3.05) is 37.7 Å². The van der Waals surface area contributed by atoms with E-state index in [9.17, 15) is 26.7 Å². The van der Waals surface area contributed by atoms with Gasteiger partial charge in [0.15, 0.2) is 10.8 Å². The standard InChI is InChI=1S/C21H31N5O7S2/c1-14-9-26(15(2)12-27)21(28)16-7-6-8-17(23-35(31,32)19-11-24(3)13-22-19)20(16)33-18(14)10-25(4)34(5,29)30/h6-8,11,13-15,18,23,27H,9-10,12H2,1-5H3/t14-,15-,18-/m1/s1. The van der Waals surface area contributed by atoms with Gasteiger partial charge in [-0.3, -0.25) is 9.52 Å². The zero-order valence-electron chi connectivity index (χ0n) is 20.2.